The first-order valence-corrected chi connectivity index (χ1v) is 4.28. The van der Waals surface area contributed by atoms with Gasteiger partial charge in [-0.2, -0.15) is 0 Å². The molecule has 72 valence electrons. The zero-order valence-corrected chi connectivity index (χ0v) is 9.24. The number of rotatable bonds is 2. The minimum atomic E-state index is -0.442. The van der Waals surface area contributed by atoms with E-state index in [4.69, 9.17) is 5.73 Å². The number of halogens is 3. The number of hydrogen-bond acceptors (Lipinski definition) is 1. The fourth-order valence-electron chi connectivity index (χ4n) is 0.905. The standard InChI is InChI=1S/C9H9BrFN.ClH/c1-2-8(12)6-4-3-5-7(10)9(6)11;/h2-5,8H,1,12H2;1H/t8-;/m1./s1. The third-order valence-corrected chi connectivity index (χ3v) is 2.21. The van der Waals surface area contributed by atoms with Crippen molar-refractivity contribution in [1.82, 2.24) is 0 Å². The highest BCUT2D eigenvalue weighted by Gasteiger charge is 2.09. The lowest BCUT2D eigenvalue weighted by Crippen LogP contribution is -2.08. The maximum Gasteiger partial charge on any atom is 0.142 e. The summed E-state index contributed by atoms with van der Waals surface area (Å²) >= 11 is 3.08. The van der Waals surface area contributed by atoms with E-state index in [0.717, 1.165) is 0 Å². The third-order valence-electron chi connectivity index (χ3n) is 1.59. The molecule has 1 atom stereocenters. The molecule has 0 amide bonds. The van der Waals surface area contributed by atoms with Crippen molar-refractivity contribution in [2.24, 2.45) is 5.73 Å². The SMILES string of the molecule is C=C[C@@H](N)c1cccc(Br)c1F.Cl. The Kier molecular flexibility index (Phi) is 5.21. The summed E-state index contributed by atoms with van der Waals surface area (Å²) in [6, 6.07) is 4.58. The number of hydrogen-bond donors (Lipinski definition) is 1. The molecule has 0 saturated carbocycles. The molecule has 1 aromatic carbocycles. The summed E-state index contributed by atoms with van der Waals surface area (Å²) in [5.74, 6) is -0.315. The first kappa shape index (κ1) is 12.6. The lowest BCUT2D eigenvalue weighted by Gasteiger charge is -2.08. The van der Waals surface area contributed by atoms with Crippen molar-refractivity contribution in [1.29, 1.82) is 0 Å². The van der Waals surface area contributed by atoms with Crippen LogP contribution in [0.25, 0.3) is 0 Å². The number of nitrogens with two attached hydrogens (primary N) is 1. The molecule has 0 aliphatic rings. The Bertz CT molecular complexity index is 304. The van der Waals surface area contributed by atoms with Crippen LogP contribution in [0.1, 0.15) is 11.6 Å². The van der Waals surface area contributed by atoms with E-state index in [2.05, 4.69) is 22.5 Å². The quantitative estimate of drug-likeness (QED) is 0.818. The average Bonchev–Trinajstić information content (AvgIpc) is 2.08. The van der Waals surface area contributed by atoms with Gasteiger partial charge in [-0.15, -0.1) is 19.0 Å². The fraction of sp³-hybridized carbons (Fsp3) is 0.111. The van der Waals surface area contributed by atoms with Gasteiger partial charge in [0.25, 0.3) is 0 Å². The van der Waals surface area contributed by atoms with E-state index in [9.17, 15) is 4.39 Å². The molecule has 0 spiro atoms. The minimum absolute atomic E-state index is 0. The molecule has 0 bridgehead atoms. The minimum Gasteiger partial charge on any atom is -0.321 e. The second-order valence-electron chi connectivity index (χ2n) is 2.40. The normalized spacial score (nSPS) is 11.6. The molecule has 0 heterocycles. The lowest BCUT2D eigenvalue weighted by molar-refractivity contribution is 0.596. The molecule has 0 aliphatic carbocycles. The van der Waals surface area contributed by atoms with Gasteiger partial charge in [-0.1, -0.05) is 18.2 Å². The van der Waals surface area contributed by atoms with Gasteiger partial charge in [0.1, 0.15) is 5.82 Å². The van der Waals surface area contributed by atoms with Crippen molar-refractivity contribution in [3.63, 3.8) is 0 Å². The Morgan fingerprint density at radius 2 is 2.15 bits per heavy atom. The van der Waals surface area contributed by atoms with Gasteiger partial charge in [0.05, 0.1) is 10.5 Å². The van der Waals surface area contributed by atoms with E-state index < -0.39 is 6.04 Å². The van der Waals surface area contributed by atoms with Gasteiger partial charge in [-0.3, -0.25) is 0 Å². The summed E-state index contributed by atoms with van der Waals surface area (Å²) in [6.07, 6.45) is 1.50. The van der Waals surface area contributed by atoms with Crippen molar-refractivity contribution in [2.75, 3.05) is 0 Å². The molecule has 0 aromatic heterocycles. The summed E-state index contributed by atoms with van der Waals surface area (Å²) < 4.78 is 13.7. The van der Waals surface area contributed by atoms with Crippen LogP contribution in [0.5, 0.6) is 0 Å². The predicted octanol–water partition coefficient (Wildman–Crippen LogP) is 3.20. The first-order chi connectivity index (χ1) is 5.66. The van der Waals surface area contributed by atoms with Crippen molar-refractivity contribution in [3.05, 3.63) is 46.7 Å². The van der Waals surface area contributed by atoms with E-state index in [1.807, 2.05) is 0 Å². The summed E-state index contributed by atoms with van der Waals surface area (Å²) in [4.78, 5) is 0. The highest BCUT2D eigenvalue weighted by atomic mass is 79.9. The molecule has 1 nitrogen and oxygen atoms in total. The molecule has 2 N–H and O–H groups in total. The highest BCUT2D eigenvalue weighted by Crippen LogP contribution is 2.22. The zero-order valence-electron chi connectivity index (χ0n) is 6.84. The smallest absolute Gasteiger partial charge is 0.142 e. The molecular formula is C9H10BrClFN. The highest BCUT2D eigenvalue weighted by molar-refractivity contribution is 9.10. The van der Waals surface area contributed by atoms with Crippen LogP contribution in [0.3, 0.4) is 0 Å². The van der Waals surface area contributed by atoms with E-state index in [1.54, 1.807) is 18.2 Å². The average molecular weight is 267 g/mol. The van der Waals surface area contributed by atoms with Crippen LogP contribution in [0.2, 0.25) is 0 Å². The second-order valence-corrected chi connectivity index (χ2v) is 3.26. The summed E-state index contributed by atoms with van der Waals surface area (Å²) in [5.41, 5.74) is 6.04. The van der Waals surface area contributed by atoms with Gasteiger partial charge < -0.3 is 5.73 Å². The van der Waals surface area contributed by atoms with Gasteiger partial charge in [-0.25, -0.2) is 4.39 Å². The van der Waals surface area contributed by atoms with Crippen molar-refractivity contribution >= 4 is 28.3 Å². The van der Waals surface area contributed by atoms with Gasteiger partial charge in [-0.05, 0) is 22.0 Å². The Morgan fingerprint density at radius 3 is 2.69 bits per heavy atom. The van der Waals surface area contributed by atoms with Crippen LogP contribution in [-0.4, -0.2) is 0 Å². The maximum atomic E-state index is 13.3. The molecule has 13 heavy (non-hydrogen) atoms. The first-order valence-electron chi connectivity index (χ1n) is 3.49. The Hall–Kier alpha value is -0.380. The van der Waals surface area contributed by atoms with Crippen molar-refractivity contribution in [3.8, 4) is 0 Å². The van der Waals surface area contributed by atoms with Gasteiger partial charge >= 0.3 is 0 Å². The molecule has 4 heteroatoms. The molecule has 1 aromatic rings. The van der Waals surface area contributed by atoms with Crippen molar-refractivity contribution in [2.45, 2.75) is 6.04 Å². The molecule has 0 fully saturated rings. The van der Waals surface area contributed by atoms with Crippen LogP contribution < -0.4 is 5.73 Å². The van der Waals surface area contributed by atoms with Crippen LogP contribution in [0.15, 0.2) is 35.3 Å². The Morgan fingerprint density at radius 1 is 1.54 bits per heavy atom. The van der Waals surface area contributed by atoms with E-state index in [-0.39, 0.29) is 18.2 Å². The van der Waals surface area contributed by atoms with E-state index in [1.165, 1.54) is 6.08 Å². The molecule has 0 radical (unpaired) electrons. The van der Waals surface area contributed by atoms with Crippen LogP contribution >= 0.6 is 28.3 Å². The molecular weight excluding hydrogens is 256 g/mol. The lowest BCUT2D eigenvalue weighted by atomic mass is 10.1. The van der Waals surface area contributed by atoms with Gasteiger partial charge in [0, 0.05) is 5.56 Å². The summed E-state index contributed by atoms with van der Waals surface area (Å²) in [7, 11) is 0. The van der Waals surface area contributed by atoms with Gasteiger partial charge in [0.2, 0.25) is 0 Å². The van der Waals surface area contributed by atoms with E-state index >= 15 is 0 Å². The topological polar surface area (TPSA) is 26.0 Å². The summed E-state index contributed by atoms with van der Waals surface area (Å²) in [5, 5.41) is 0. The predicted molar refractivity (Wildman–Crippen MR) is 58.5 cm³/mol. The zero-order chi connectivity index (χ0) is 9.14. The monoisotopic (exact) mass is 265 g/mol. The maximum absolute atomic E-state index is 13.3. The number of benzene rings is 1. The Labute approximate surface area is 91.4 Å². The molecule has 0 saturated heterocycles. The molecule has 0 unspecified atom stereocenters. The summed E-state index contributed by atoms with van der Waals surface area (Å²) in [6.45, 7) is 3.50. The van der Waals surface area contributed by atoms with Crippen LogP contribution in [0, 0.1) is 5.82 Å². The van der Waals surface area contributed by atoms with Crippen molar-refractivity contribution < 1.29 is 4.39 Å². The third kappa shape index (κ3) is 2.79. The van der Waals surface area contributed by atoms with Crippen LogP contribution in [-0.2, 0) is 0 Å². The van der Waals surface area contributed by atoms with Crippen LogP contribution in [0.4, 0.5) is 4.39 Å². The molecule has 1 rings (SSSR count). The van der Waals surface area contributed by atoms with Gasteiger partial charge in [0.15, 0.2) is 0 Å². The Balaban J connectivity index is 0.00000144. The van der Waals surface area contributed by atoms with E-state index in [0.29, 0.717) is 10.0 Å². The fourth-order valence-corrected chi connectivity index (χ4v) is 1.29. The molecule has 0 aliphatic heterocycles. The second kappa shape index (κ2) is 5.37. The largest absolute Gasteiger partial charge is 0.321 e.